The van der Waals surface area contributed by atoms with Gasteiger partial charge in [0, 0.05) is 6.54 Å². The van der Waals surface area contributed by atoms with E-state index in [9.17, 15) is 4.79 Å². The lowest BCUT2D eigenvalue weighted by Crippen LogP contribution is -2.48. The van der Waals surface area contributed by atoms with Gasteiger partial charge in [-0.2, -0.15) is 0 Å². The summed E-state index contributed by atoms with van der Waals surface area (Å²) in [4.78, 5) is 15.8. The summed E-state index contributed by atoms with van der Waals surface area (Å²) in [5, 5.41) is 3.52. The van der Waals surface area contributed by atoms with Crippen LogP contribution in [0.25, 0.3) is 0 Å². The fourth-order valence-corrected chi connectivity index (χ4v) is 4.09. The molecule has 1 N–H and O–H groups in total. The maximum atomic E-state index is 13.8. The van der Waals surface area contributed by atoms with Crippen LogP contribution >= 0.6 is 0 Å². The SMILES string of the molecule is O=C1[C@H](Cc2ccccc2)NCCCC[C@H](c2ccco2)N1Cc1ccccc1. The molecule has 0 saturated carbocycles. The predicted octanol–water partition coefficient (Wildman–Crippen LogP) is 4.73. The fourth-order valence-electron chi connectivity index (χ4n) is 4.09. The molecule has 2 aromatic carbocycles. The molecule has 0 spiro atoms. The van der Waals surface area contributed by atoms with Gasteiger partial charge in [0.2, 0.25) is 5.91 Å². The van der Waals surface area contributed by atoms with Crippen LogP contribution in [0.5, 0.6) is 0 Å². The van der Waals surface area contributed by atoms with E-state index in [1.165, 1.54) is 5.56 Å². The Morgan fingerprint density at radius 2 is 1.62 bits per heavy atom. The van der Waals surface area contributed by atoms with Crippen molar-refractivity contribution in [3.05, 3.63) is 95.9 Å². The summed E-state index contributed by atoms with van der Waals surface area (Å²) < 4.78 is 5.77. The number of benzene rings is 2. The summed E-state index contributed by atoms with van der Waals surface area (Å²) in [6, 6.07) is 24.1. The highest BCUT2D eigenvalue weighted by Gasteiger charge is 2.32. The van der Waals surface area contributed by atoms with Crippen LogP contribution in [0.15, 0.2) is 83.5 Å². The van der Waals surface area contributed by atoms with E-state index < -0.39 is 0 Å². The molecule has 2 atom stereocenters. The highest BCUT2D eigenvalue weighted by Crippen LogP contribution is 2.30. The molecule has 4 heteroatoms. The van der Waals surface area contributed by atoms with Gasteiger partial charge in [0.1, 0.15) is 5.76 Å². The molecule has 2 heterocycles. The first-order chi connectivity index (χ1) is 14.3. The lowest BCUT2D eigenvalue weighted by atomic mass is 10.0. The van der Waals surface area contributed by atoms with Crippen LogP contribution in [0.4, 0.5) is 0 Å². The van der Waals surface area contributed by atoms with E-state index in [1.54, 1.807) is 6.26 Å². The summed E-state index contributed by atoms with van der Waals surface area (Å²) in [6.45, 7) is 1.44. The van der Waals surface area contributed by atoms with Crippen molar-refractivity contribution in [3.8, 4) is 0 Å². The number of rotatable bonds is 5. The summed E-state index contributed by atoms with van der Waals surface area (Å²) in [5.74, 6) is 1.01. The second kappa shape index (κ2) is 9.57. The molecular weight excluding hydrogens is 360 g/mol. The number of carbonyl (C=O) groups is 1. The first-order valence-corrected chi connectivity index (χ1v) is 10.5. The Bertz CT molecular complexity index is 878. The van der Waals surface area contributed by atoms with Crippen molar-refractivity contribution in [2.75, 3.05) is 6.54 Å². The molecule has 3 aromatic rings. The molecule has 1 aliphatic rings. The maximum absolute atomic E-state index is 13.8. The lowest BCUT2D eigenvalue weighted by Gasteiger charge is -2.33. The molecule has 1 aliphatic heterocycles. The molecular formula is C25H28N2O2. The monoisotopic (exact) mass is 388 g/mol. The Balaban J connectivity index is 1.66. The van der Waals surface area contributed by atoms with Gasteiger partial charge in [0.05, 0.1) is 18.3 Å². The smallest absolute Gasteiger partial charge is 0.240 e. The normalized spacial score (nSPS) is 20.7. The largest absolute Gasteiger partial charge is 0.467 e. The van der Waals surface area contributed by atoms with E-state index in [-0.39, 0.29) is 18.0 Å². The number of nitrogens with zero attached hydrogens (tertiary/aromatic N) is 1. The second-order valence-corrected chi connectivity index (χ2v) is 7.68. The summed E-state index contributed by atoms with van der Waals surface area (Å²) in [5.41, 5.74) is 2.31. The molecule has 4 rings (SSSR count). The maximum Gasteiger partial charge on any atom is 0.240 e. The lowest BCUT2D eigenvalue weighted by molar-refractivity contribution is -0.137. The van der Waals surface area contributed by atoms with Crippen molar-refractivity contribution in [2.45, 2.75) is 44.3 Å². The van der Waals surface area contributed by atoms with Gasteiger partial charge >= 0.3 is 0 Å². The summed E-state index contributed by atoms with van der Waals surface area (Å²) in [7, 11) is 0. The van der Waals surface area contributed by atoms with E-state index in [4.69, 9.17) is 4.42 Å². The van der Waals surface area contributed by atoms with Crippen molar-refractivity contribution in [1.82, 2.24) is 10.2 Å². The highest BCUT2D eigenvalue weighted by atomic mass is 16.3. The number of hydrogen-bond acceptors (Lipinski definition) is 3. The molecule has 0 unspecified atom stereocenters. The predicted molar refractivity (Wildman–Crippen MR) is 114 cm³/mol. The van der Waals surface area contributed by atoms with Crippen molar-refractivity contribution >= 4 is 5.91 Å². The number of furan rings is 1. The zero-order chi connectivity index (χ0) is 19.9. The quantitative estimate of drug-likeness (QED) is 0.687. The molecule has 0 bridgehead atoms. The molecule has 150 valence electrons. The molecule has 4 nitrogen and oxygen atoms in total. The van der Waals surface area contributed by atoms with Crippen molar-refractivity contribution in [1.29, 1.82) is 0 Å². The minimum atomic E-state index is -0.239. The first kappa shape index (κ1) is 19.5. The number of hydrogen-bond donors (Lipinski definition) is 1. The number of nitrogens with one attached hydrogen (secondary N) is 1. The second-order valence-electron chi connectivity index (χ2n) is 7.68. The van der Waals surface area contributed by atoms with E-state index >= 15 is 0 Å². The topological polar surface area (TPSA) is 45.5 Å². The van der Waals surface area contributed by atoms with Gasteiger partial charge in [-0.3, -0.25) is 4.79 Å². The Morgan fingerprint density at radius 3 is 2.31 bits per heavy atom. The van der Waals surface area contributed by atoms with Gasteiger partial charge in [0.25, 0.3) is 0 Å². The molecule has 1 amide bonds. The van der Waals surface area contributed by atoms with Crippen molar-refractivity contribution in [3.63, 3.8) is 0 Å². The molecule has 0 radical (unpaired) electrons. The summed E-state index contributed by atoms with van der Waals surface area (Å²) >= 11 is 0. The standard InChI is InChI=1S/C25H28N2O2/c28-25-22(18-20-10-3-1-4-11-20)26-16-8-7-14-23(24-15-9-17-29-24)27(25)19-21-12-5-2-6-13-21/h1-6,9-13,15,17,22-23,26H,7-8,14,16,18-19H2/t22-,23+/m0/s1. The number of carbonyl (C=O) groups excluding carboxylic acids is 1. The van der Waals surface area contributed by atoms with Crippen LogP contribution in [0, 0.1) is 0 Å². The van der Waals surface area contributed by atoms with Crippen LogP contribution in [0.3, 0.4) is 0 Å². The summed E-state index contributed by atoms with van der Waals surface area (Å²) in [6.07, 6.45) is 5.40. The van der Waals surface area contributed by atoms with E-state index in [0.717, 1.165) is 37.1 Å². The minimum Gasteiger partial charge on any atom is -0.467 e. The molecule has 0 aliphatic carbocycles. The zero-order valence-electron chi connectivity index (χ0n) is 16.7. The fraction of sp³-hybridized carbons (Fsp3) is 0.320. The third kappa shape index (κ3) is 4.96. The first-order valence-electron chi connectivity index (χ1n) is 10.5. The van der Waals surface area contributed by atoms with Crippen LogP contribution in [-0.2, 0) is 17.8 Å². The van der Waals surface area contributed by atoms with Gasteiger partial charge in [0.15, 0.2) is 0 Å². The third-order valence-electron chi connectivity index (χ3n) is 5.60. The van der Waals surface area contributed by atoms with E-state index in [1.807, 2.05) is 53.4 Å². The van der Waals surface area contributed by atoms with Gasteiger partial charge in [-0.1, -0.05) is 60.7 Å². The van der Waals surface area contributed by atoms with Crippen LogP contribution in [0.1, 0.15) is 42.2 Å². The Morgan fingerprint density at radius 1 is 0.897 bits per heavy atom. The van der Waals surface area contributed by atoms with Gasteiger partial charge in [-0.05, 0) is 55.5 Å². The Hall–Kier alpha value is -2.85. The Kier molecular flexibility index (Phi) is 6.42. The third-order valence-corrected chi connectivity index (χ3v) is 5.60. The van der Waals surface area contributed by atoms with Crippen LogP contribution < -0.4 is 5.32 Å². The van der Waals surface area contributed by atoms with E-state index in [2.05, 4.69) is 29.6 Å². The molecule has 1 fully saturated rings. The average Bonchev–Trinajstić information content (AvgIpc) is 3.30. The average molecular weight is 389 g/mol. The molecule has 1 saturated heterocycles. The zero-order valence-corrected chi connectivity index (χ0v) is 16.7. The highest BCUT2D eigenvalue weighted by molar-refractivity contribution is 5.82. The van der Waals surface area contributed by atoms with Gasteiger partial charge in [-0.15, -0.1) is 0 Å². The Labute approximate surface area is 172 Å². The van der Waals surface area contributed by atoms with Crippen LogP contribution in [0.2, 0.25) is 0 Å². The van der Waals surface area contributed by atoms with Crippen molar-refractivity contribution < 1.29 is 9.21 Å². The molecule has 1 aromatic heterocycles. The minimum absolute atomic E-state index is 0.0455. The van der Waals surface area contributed by atoms with Crippen molar-refractivity contribution in [2.24, 2.45) is 0 Å². The number of amides is 1. The van der Waals surface area contributed by atoms with Gasteiger partial charge < -0.3 is 14.6 Å². The van der Waals surface area contributed by atoms with Crippen LogP contribution in [-0.4, -0.2) is 23.4 Å². The molecule has 29 heavy (non-hydrogen) atoms. The van der Waals surface area contributed by atoms with Gasteiger partial charge in [-0.25, -0.2) is 0 Å². The van der Waals surface area contributed by atoms with E-state index in [0.29, 0.717) is 13.0 Å².